The van der Waals surface area contributed by atoms with Crippen LogP contribution in [0.15, 0.2) is 24.7 Å². The van der Waals surface area contributed by atoms with Crippen LogP contribution in [-0.4, -0.2) is 14.3 Å². The van der Waals surface area contributed by atoms with Crippen molar-refractivity contribution in [1.82, 2.24) is 19.7 Å². The molecule has 0 amide bonds. The summed E-state index contributed by atoms with van der Waals surface area (Å²) in [7, 11) is 2.05. The third-order valence-electron chi connectivity index (χ3n) is 4.22. The van der Waals surface area contributed by atoms with Crippen molar-refractivity contribution in [2.24, 2.45) is 7.05 Å². The molecule has 4 nitrogen and oxygen atoms in total. The topological polar surface area (TPSA) is 34.8 Å². The summed E-state index contributed by atoms with van der Waals surface area (Å²) >= 11 is 0. The highest BCUT2D eigenvalue weighted by molar-refractivity contribution is 5.25. The van der Waals surface area contributed by atoms with E-state index in [0.29, 0.717) is 6.04 Å². The lowest BCUT2D eigenvalue weighted by Gasteiger charge is -2.23. The van der Waals surface area contributed by atoms with Crippen LogP contribution >= 0.6 is 0 Å². The summed E-state index contributed by atoms with van der Waals surface area (Å²) in [4.78, 5) is 0. The van der Waals surface area contributed by atoms with Gasteiger partial charge in [-0.1, -0.05) is 6.92 Å². The smallest absolute Gasteiger partial charge is 0.0540 e. The number of aryl methyl sites for hydroxylation is 2. The number of hydrogen-bond acceptors (Lipinski definition) is 2. The minimum absolute atomic E-state index is 0.460. The maximum atomic E-state index is 4.40. The Kier molecular flexibility index (Phi) is 3.92. The van der Waals surface area contributed by atoms with Gasteiger partial charge in [-0.3, -0.25) is 4.68 Å². The van der Waals surface area contributed by atoms with Gasteiger partial charge in [0, 0.05) is 49.8 Å². The molecule has 0 aliphatic heterocycles. The molecule has 1 N–H and O–H groups in total. The van der Waals surface area contributed by atoms with E-state index < -0.39 is 0 Å². The first-order valence-corrected chi connectivity index (χ1v) is 7.66. The van der Waals surface area contributed by atoms with E-state index in [9.17, 15) is 0 Å². The van der Waals surface area contributed by atoms with Gasteiger partial charge in [0.2, 0.25) is 0 Å². The fourth-order valence-corrected chi connectivity index (χ4v) is 3.15. The normalized spacial score (nSPS) is 18.2. The highest BCUT2D eigenvalue weighted by atomic mass is 15.3. The molecule has 1 aliphatic rings. The molecule has 2 aromatic heterocycles. The maximum absolute atomic E-state index is 4.40. The van der Waals surface area contributed by atoms with E-state index in [2.05, 4.69) is 40.4 Å². The van der Waals surface area contributed by atoms with E-state index in [1.807, 2.05) is 17.9 Å². The van der Waals surface area contributed by atoms with Crippen molar-refractivity contribution >= 4 is 0 Å². The Morgan fingerprint density at radius 3 is 3.20 bits per heavy atom. The number of fused-ring (bicyclic) bond motifs is 1. The van der Waals surface area contributed by atoms with Crippen molar-refractivity contribution in [3.8, 4) is 0 Å². The van der Waals surface area contributed by atoms with Gasteiger partial charge >= 0.3 is 0 Å². The van der Waals surface area contributed by atoms with Gasteiger partial charge in [-0.15, -0.1) is 0 Å². The Balaban J connectivity index is 1.64. The lowest BCUT2D eigenvalue weighted by atomic mass is 9.93. The monoisotopic (exact) mass is 272 g/mol. The molecule has 1 atom stereocenters. The molecular weight excluding hydrogens is 248 g/mol. The highest BCUT2D eigenvalue weighted by Gasteiger charge is 2.22. The number of rotatable bonds is 5. The SMILES string of the molecule is CCCn1ccc(CNC2CCCc3c2cnn3C)c1. The number of aromatic nitrogens is 3. The molecule has 2 heterocycles. The molecule has 1 aliphatic carbocycles. The second-order valence-electron chi connectivity index (χ2n) is 5.75. The molecule has 0 fully saturated rings. The Bertz CT molecular complexity index is 567. The van der Waals surface area contributed by atoms with Gasteiger partial charge < -0.3 is 9.88 Å². The summed E-state index contributed by atoms with van der Waals surface area (Å²) < 4.78 is 4.30. The van der Waals surface area contributed by atoms with E-state index in [1.165, 1.54) is 36.1 Å². The summed E-state index contributed by atoms with van der Waals surface area (Å²) in [6, 6.07) is 2.68. The number of nitrogens with one attached hydrogen (secondary N) is 1. The lowest BCUT2D eigenvalue weighted by molar-refractivity contribution is 0.451. The van der Waals surface area contributed by atoms with Crippen LogP contribution in [0.2, 0.25) is 0 Å². The van der Waals surface area contributed by atoms with Crippen LogP contribution < -0.4 is 5.32 Å². The fraction of sp³-hybridized carbons (Fsp3) is 0.562. The highest BCUT2D eigenvalue weighted by Crippen LogP contribution is 2.29. The first-order valence-electron chi connectivity index (χ1n) is 7.66. The quantitative estimate of drug-likeness (QED) is 0.908. The Labute approximate surface area is 120 Å². The molecule has 1 unspecified atom stereocenters. The average Bonchev–Trinajstić information content (AvgIpc) is 3.05. The standard InChI is InChI=1S/C16H24N4/c1-3-8-20-9-7-13(12-20)10-17-15-5-4-6-16-14(15)11-18-19(16)2/h7,9,11-12,15,17H,3-6,8,10H2,1-2H3. The molecule has 0 saturated heterocycles. The number of nitrogens with zero attached hydrogens (tertiary/aromatic N) is 3. The van der Waals surface area contributed by atoms with Gasteiger partial charge in [-0.2, -0.15) is 5.10 Å². The van der Waals surface area contributed by atoms with E-state index in [-0.39, 0.29) is 0 Å². The van der Waals surface area contributed by atoms with Crippen molar-refractivity contribution in [3.05, 3.63) is 41.5 Å². The third-order valence-corrected chi connectivity index (χ3v) is 4.22. The van der Waals surface area contributed by atoms with Gasteiger partial charge in [-0.25, -0.2) is 0 Å². The maximum Gasteiger partial charge on any atom is 0.0540 e. The molecule has 0 saturated carbocycles. The van der Waals surface area contributed by atoms with Crippen LogP contribution in [0.3, 0.4) is 0 Å². The first kappa shape index (κ1) is 13.4. The van der Waals surface area contributed by atoms with E-state index in [0.717, 1.165) is 19.5 Å². The zero-order valence-corrected chi connectivity index (χ0v) is 12.5. The van der Waals surface area contributed by atoms with Crippen LogP contribution in [0.5, 0.6) is 0 Å². The van der Waals surface area contributed by atoms with Crippen molar-refractivity contribution in [2.45, 2.75) is 51.7 Å². The van der Waals surface area contributed by atoms with Gasteiger partial charge in [0.15, 0.2) is 0 Å². The van der Waals surface area contributed by atoms with Crippen LogP contribution in [0.4, 0.5) is 0 Å². The summed E-state index contributed by atoms with van der Waals surface area (Å²) in [5.41, 5.74) is 4.17. The molecule has 4 heteroatoms. The van der Waals surface area contributed by atoms with E-state index in [4.69, 9.17) is 0 Å². The Morgan fingerprint density at radius 2 is 2.35 bits per heavy atom. The average molecular weight is 272 g/mol. The molecule has 20 heavy (non-hydrogen) atoms. The second-order valence-corrected chi connectivity index (χ2v) is 5.75. The molecule has 2 aromatic rings. The predicted octanol–water partition coefficient (Wildman–Crippen LogP) is 2.80. The lowest BCUT2D eigenvalue weighted by Crippen LogP contribution is -2.24. The molecular formula is C16H24N4. The first-order chi connectivity index (χ1) is 9.78. The van der Waals surface area contributed by atoms with Gasteiger partial charge in [0.05, 0.1) is 6.20 Å². The molecule has 0 aromatic carbocycles. The second kappa shape index (κ2) is 5.83. The fourth-order valence-electron chi connectivity index (χ4n) is 3.15. The minimum atomic E-state index is 0.460. The van der Waals surface area contributed by atoms with Gasteiger partial charge in [-0.05, 0) is 37.3 Å². The summed E-state index contributed by atoms with van der Waals surface area (Å²) in [5, 5.41) is 8.10. The van der Waals surface area contributed by atoms with E-state index >= 15 is 0 Å². The Morgan fingerprint density at radius 1 is 1.45 bits per heavy atom. The van der Waals surface area contributed by atoms with Crippen molar-refractivity contribution < 1.29 is 0 Å². The van der Waals surface area contributed by atoms with Gasteiger partial charge in [0.25, 0.3) is 0 Å². The van der Waals surface area contributed by atoms with Crippen LogP contribution in [-0.2, 0) is 26.6 Å². The summed E-state index contributed by atoms with van der Waals surface area (Å²) in [6.07, 6.45) is 11.3. The van der Waals surface area contributed by atoms with Crippen molar-refractivity contribution in [2.75, 3.05) is 0 Å². The summed E-state index contributed by atoms with van der Waals surface area (Å²) in [5.74, 6) is 0. The molecule has 108 valence electrons. The molecule has 3 rings (SSSR count). The van der Waals surface area contributed by atoms with Crippen LogP contribution in [0.25, 0.3) is 0 Å². The third kappa shape index (κ3) is 2.66. The zero-order chi connectivity index (χ0) is 13.9. The van der Waals surface area contributed by atoms with Crippen LogP contribution in [0, 0.1) is 0 Å². The molecule has 0 spiro atoms. The minimum Gasteiger partial charge on any atom is -0.354 e. The largest absolute Gasteiger partial charge is 0.354 e. The zero-order valence-electron chi connectivity index (χ0n) is 12.5. The Hall–Kier alpha value is -1.55. The number of hydrogen-bond donors (Lipinski definition) is 1. The molecule has 0 radical (unpaired) electrons. The molecule has 0 bridgehead atoms. The van der Waals surface area contributed by atoms with Crippen LogP contribution in [0.1, 0.15) is 49.0 Å². The van der Waals surface area contributed by atoms with Crippen molar-refractivity contribution in [1.29, 1.82) is 0 Å². The van der Waals surface area contributed by atoms with E-state index in [1.54, 1.807) is 0 Å². The predicted molar refractivity (Wildman–Crippen MR) is 80.4 cm³/mol. The van der Waals surface area contributed by atoms with Crippen molar-refractivity contribution in [3.63, 3.8) is 0 Å². The van der Waals surface area contributed by atoms with Gasteiger partial charge in [0.1, 0.15) is 0 Å². The summed E-state index contributed by atoms with van der Waals surface area (Å²) in [6.45, 7) is 4.26.